The first-order valence-electron chi connectivity index (χ1n) is 5.91. The second-order valence-corrected chi connectivity index (χ2v) is 4.62. The summed E-state index contributed by atoms with van der Waals surface area (Å²) in [5.74, 6) is 0.00247. The Morgan fingerprint density at radius 1 is 1.39 bits per heavy atom. The Bertz CT molecular complexity index is 494. The standard InChI is InChI=1S/C15H17NO2/c1-5-11(2)15(4)12(3)16(14(17)18-15)13-9-7-6-8-10-13/h5-11H,1,3H2,2,4H3/t11-,15-/m0/s1. The number of para-hydroxylation sites is 1. The Hall–Kier alpha value is -2.03. The minimum absolute atomic E-state index is 0.00247. The highest BCUT2D eigenvalue weighted by Crippen LogP contribution is 2.40. The average Bonchev–Trinajstić information content (AvgIpc) is 2.61. The van der Waals surface area contributed by atoms with Gasteiger partial charge >= 0.3 is 6.09 Å². The van der Waals surface area contributed by atoms with Gasteiger partial charge in [-0.2, -0.15) is 0 Å². The molecule has 1 aliphatic rings. The molecule has 18 heavy (non-hydrogen) atoms. The van der Waals surface area contributed by atoms with Crippen molar-refractivity contribution < 1.29 is 9.53 Å². The van der Waals surface area contributed by atoms with Crippen molar-refractivity contribution in [1.82, 2.24) is 0 Å². The molecule has 0 bridgehead atoms. The highest BCUT2D eigenvalue weighted by Gasteiger charge is 2.48. The molecule has 0 unspecified atom stereocenters. The molecule has 0 radical (unpaired) electrons. The van der Waals surface area contributed by atoms with Crippen molar-refractivity contribution in [1.29, 1.82) is 0 Å². The fourth-order valence-electron chi connectivity index (χ4n) is 2.04. The predicted molar refractivity (Wildman–Crippen MR) is 72.3 cm³/mol. The van der Waals surface area contributed by atoms with Crippen LogP contribution in [0.25, 0.3) is 0 Å². The summed E-state index contributed by atoms with van der Waals surface area (Å²) >= 11 is 0. The Morgan fingerprint density at radius 3 is 2.56 bits per heavy atom. The fourth-order valence-corrected chi connectivity index (χ4v) is 2.04. The Balaban J connectivity index is 2.39. The van der Waals surface area contributed by atoms with Gasteiger partial charge in [0.2, 0.25) is 0 Å². The second kappa shape index (κ2) is 4.33. The first-order chi connectivity index (χ1) is 8.50. The monoisotopic (exact) mass is 243 g/mol. The van der Waals surface area contributed by atoms with E-state index in [9.17, 15) is 4.79 Å². The molecule has 1 aliphatic heterocycles. The van der Waals surface area contributed by atoms with Crippen LogP contribution in [-0.4, -0.2) is 11.7 Å². The maximum Gasteiger partial charge on any atom is 0.419 e. The molecule has 2 atom stereocenters. The van der Waals surface area contributed by atoms with Gasteiger partial charge in [0.05, 0.1) is 11.4 Å². The van der Waals surface area contributed by atoms with Crippen LogP contribution in [0.4, 0.5) is 10.5 Å². The van der Waals surface area contributed by atoms with Gasteiger partial charge < -0.3 is 4.74 Å². The number of amides is 1. The lowest BCUT2D eigenvalue weighted by molar-refractivity contribution is 0.0589. The number of carbonyl (C=O) groups excluding carboxylic acids is 1. The number of cyclic esters (lactones) is 1. The van der Waals surface area contributed by atoms with Crippen molar-refractivity contribution in [3.63, 3.8) is 0 Å². The van der Waals surface area contributed by atoms with Crippen LogP contribution in [0.15, 0.2) is 55.3 Å². The van der Waals surface area contributed by atoms with Crippen LogP contribution in [-0.2, 0) is 4.74 Å². The lowest BCUT2D eigenvalue weighted by Crippen LogP contribution is -2.34. The molecule has 0 N–H and O–H groups in total. The third kappa shape index (κ3) is 1.72. The van der Waals surface area contributed by atoms with E-state index in [0.29, 0.717) is 5.70 Å². The molecule has 0 aromatic heterocycles. The van der Waals surface area contributed by atoms with Crippen molar-refractivity contribution >= 4 is 11.8 Å². The summed E-state index contributed by atoms with van der Waals surface area (Å²) in [7, 11) is 0. The molecule has 0 saturated carbocycles. The van der Waals surface area contributed by atoms with E-state index in [-0.39, 0.29) is 12.0 Å². The Labute approximate surface area is 107 Å². The van der Waals surface area contributed by atoms with Crippen molar-refractivity contribution in [2.45, 2.75) is 19.4 Å². The van der Waals surface area contributed by atoms with E-state index >= 15 is 0 Å². The largest absolute Gasteiger partial charge is 0.436 e. The predicted octanol–water partition coefficient (Wildman–Crippen LogP) is 3.74. The normalized spacial score (nSPS) is 24.9. The minimum atomic E-state index is -0.728. The molecule has 1 saturated heterocycles. The molecular formula is C15H17NO2. The zero-order chi connectivity index (χ0) is 13.3. The zero-order valence-corrected chi connectivity index (χ0v) is 10.7. The number of rotatable bonds is 3. The van der Waals surface area contributed by atoms with Crippen LogP contribution in [0.1, 0.15) is 13.8 Å². The molecule has 3 nitrogen and oxygen atoms in total. The van der Waals surface area contributed by atoms with E-state index in [1.807, 2.05) is 44.2 Å². The quantitative estimate of drug-likeness (QED) is 0.757. The van der Waals surface area contributed by atoms with Crippen molar-refractivity contribution in [3.05, 3.63) is 55.3 Å². The van der Waals surface area contributed by atoms with Gasteiger partial charge in [0, 0.05) is 5.92 Å². The number of carbonyl (C=O) groups is 1. The van der Waals surface area contributed by atoms with E-state index in [1.54, 1.807) is 6.08 Å². The lowest BCUT2D eigenvalue weighted by atomic mass is 9.88. The maximum absolute atomic E-state index is 12.0. The minimum Gasteiger partial charge on any atom is -0.436 e. The number of hydrogen-bond acceptors (Lipinski definition) is 2. The first-order valence-corrected chi connectivity index (χ1v) is 5.91. The van der Waals surface area contributed by atoms with Crippen LogP contribution in [0, 0.1) is 5.92 Å². The molecule has 0 spiro atoms. The third-order valence-corrected chi connectivity index (χ3v) is 3.56. The van der Waals surface area contributed by atoms with E-state index < -0.39 is 5.60 Å². The van der Waals surface area contributed by atoms with Gasteiger partial charge in [0.25, 0.3) is 0 Å². The average molecular weight is 243 g/mol. The fraction of sp³-hybridized carbons (Fsp3) is 0.267. The van der Waals surface area contributed by atoms with Crippen molar-refractivity contribution in [2.24, 2.45) is 5.92 Å². The van der Waals surface area contributed by atoms with Crippen LogP contribution in [0.3, 0.4) is 0 Å². The van der Waals surface area contributed by atoms with Gasteiger partial charge in [0.1, 0.15) is 0 Å². The number of ether oxygens (including phenoxy) is 1. The zero-order valence-electron chi connectivity index (χ0n) is 10.7. The Kier molecular flexibility index (Phi) is 2.99. The number of nitrogens with zero attached hydrogens (tertiary/aromatic N) is 1. The Morgan fingerprint density at radius 2 is 2.00 bits per heavy atom. The molecule has 1 amide bonds. The smallest absolute Gasteiger partial charge is 0.419 e. The molecule has 0 aliphatic carbocycles. The van der Waals surface area contributed by atoms with Crippen molar-refractivity contribution in [2.75, 3.05) is 4.90 Å². The summed E-state index contributed by atoms with van der Waals surface area (Å²) in [5.41, 5.74) is 0.688. The topological polar surface area (TPSA) is 29.5 Å². The molecule has 1 aromatic rings. The van der Waals surface area contributed by atoms with Gasteiger partial charge in [0.15, 0.2) is 5.60 Å². The summed E-state index contributed by atoms with van der Waals surface area (Å²) < 4.78 is 5.50. The summed E-state index contributed by atoms with van der Waals surface area (Å²) in [5, 5.41) is 0. The highest BCUT2D eigenvalue weighted by atomic mass is 16.6. The summed E-state index contributed by atoms with van der Waals surface area (Å²) in [6.07, 6.45) is 1.38. The molecule has 1 aromatic carbocycles. The van der Waals surface area contributed by atoms with Gasteiger partial charge in [-0.05, 0) is 19.1 Å². The second-order valence-electron chi connectivity index (χ2n) is 4.62. The SMILES string of the molecule is C=C[C@H](C)[C@]1(C)OC(=O)N(c2ccccc2)C1=C. The third-order valence-electron chi connectivity index (χ3n) is 3.56. The molecule has 1 fully saturated rings. The highest BCUT2D eigenvalue weighted by molar-refractivity contribution is 5.95. The van der Waals surface area contributed by atoms with Crippen molar-refractivity contribution in [3.8, 4) is 0 Å². The number of anilines is 1. The van der Waals surface area contributed by atoms with Gasteiger partial charge in [-0.25, -0.2) is 9.69 Å². The van der Waals surface area contributed by atoms with E-state index in [2.05, 4.69) is 13.2 Å². The van der Waals surface area contributed by atoms with E-state index in [1.165, 1.54) is 4.90 Å². The molecular weight excluding hydrogens is 226 g/mol. The molecule has 94 valence electrons. The van der Waals surface area contributed by atoms with Gasteiger partial charge in [-0.15, -0.1) is 6.58 Å². The van der Waals surface area contributed by atoms with Crippen LogP contribution < -0.4 is 4.90 Å². The van der Waals surface area contributed by atoms with Gasteiger partial charge in [-0.3, -0.25) is 0 Å². The van der Waals surface area contributed by atoms with E-state index in [4.69, 9.17) is 4.74 Å². The van der Waals surface area contributed by atoms with Crippen LogP contribution in [0.5, 0.6) is 0 Å². The summed E-state index contributed by atoms with van der Waals surface area (Å²) in [6, 6.07) is 9.37. The van der Waals surface area contributed by atoms with E-state index in [0.717, 1.165) is 5.69 Å². The molecule has 3 heteroatoms. The first kappa shape index (κ1) is 12.4. The summed E-state index contributed by atoms with van der Waals surface area (Å²) in [4.78, 5) is 13.5. The summed E-state index contributed by atoms with van der Waals surface area (Å²) in [6.45, 7) is 11.6. The number of hydrogen-bond donors (Lipinski definition) is 0. The molecule has 1 heterocycles. The number of benzene rings is 1. The molecule has 2 rings (SSSR count). The van der Waals surface area contributed by atoms with Crippen LogP contribution >= 0.6 is 0 Å². The van der Waals surface area contributed by atoms with Gasteiger partial charge in [-0.1, -0.05) is 37.8 Å². The maximum atomic E-state index is 12.0. The lowest BCUT2D eigenvalue weighted by Gasteiger charge is -2.28. The van der Waals surface area contributed by atoms with Crippen LogP contribution in [0.2, 0.25) is 0 Å².